The Morgan fingerprint density at radius 2 is 1.97 bits per heavy atom. The maximum atomic E-state index is 15.8. The summed E-state index contributed by atoms with van der Waals surface area (Å²) >= 11 is 0. The van der Waals surface area contributed by atoms with Gasteiger partial charge in [-0.05, 0) is 38.3 Å². The molecular formula is C22H28FN3O4. The molecule has 1 aromatic carbocycles. The maximum absolute atomic E-state index is 15.8. The number of benzene rings is 1. The number of imide groups is 1. The van der Waals surface area contributed by atoms with Crippen molar-refractivity contribution in [1.82, 2.24) is 15.5 Å². The average Bonchev–Trinajstić information content (AvgIpc) is 3.06. The van der Waals surface area contributed by atoms with Crippen molar-refractivity contribution in [3.05, 3.63) is 34.6 Å². The topological polar surface area (TPSA) is 98.7 Å². The van der Waals surface area contributed by atoms with Crippen molar-refractivity contribution in [2.45, 2.75) is 64.1 Å². The van der Waals surface area contributed by atoms with E-state index >= 15 is 4.39 Å². The van der Waals surface area contributed by atoms with Gasteiger partial charge in [-0.3, -0.25) is 19.7 Å². The molecule has 2 atom stereocenters. The highest BCUT2D eigenvalue weighted by Gasteiger charge is 2.52. The number of rotatable bonds is 4. The fourth-order valence-electron chi connectivity index (χ4n) is 5.44. The lowest BCUT2D eigenvalue weighted by atomic mass is 9.61. The summed E-state index contributed by atoms with van der Waals surface area (Å²) in [6.07, 6.45) is 2.13. The standard InChI is InChI=1S/C22H28FN3O4/c1-3-21(4-2)12-24-10-9-22(21,30)15-6-5-13-14(18(15)23)11-26(20(13)29)16-7-8-17(27)25-19(16)28/h5-6,16,24,30H,3-4,7-12H2,1-2H3,(H,25,27,28). The molecule has 162 valence electrons. The van der Waals surface area contributed by atoms with Gasteiger partial charge in [0, 0.05) is 35.1 Å². The molecule has 0 spiro atoms. The van der Waals surface area contributed by atoms with E-state index in [9.17, 15) is 19.5 Å². The maximum Gasteiger partial charge on any atom is 0.255 e. The first-order valence-corrected chi connectivity index (χ1v) is 10.7. The Morgan fingerprint density at radius 3 is 2.63 bits per heavy atom. The van der Waals surface area contributed by atoms with Gasteiger partial charge >= 0.3 is 0 Å². The van der Waals surface area contributed by atoms with Crippen LogP contribution in [0.4, 0.5) is 4.39 Å². The van der Waals surface area contributed by atoms with Crippen LogP contribution in [-0.4, -0.2) is 46.9 Å². The second-order valence-corrected chi connectivity index (χ2v) is 8.63. The van der Waals surface area contributed by atoms with Crippen molar-refractivity contribution in [1.29, 1.82) is 0 Å². The zero-order chi connectivity index (χ0) is 21.7. The highest BCUT2D eigenvalue weighted by molar-refractivity contribution is 6.05. The predicted molar refractivity (Wildman–Crippen MR) is 107 cm³/mol. The molecule has 3 heterocycles. The fourth-order valence-corrected chi connectivity index (χ4v) is 5.44. The summed E-state index contributed by atoms with van der Waals surface area (Å²) in [6, 6.07) is 2.31. The van der Waals surface area contributed by atoms with Gasteiger partial charge in [0.2, 0.25) is 11.8 Å². The molecule has 0 radical (unpaired) electrons. The van der Waals surface area contributed by atoms with Crippen LogP contribution in [0.1, 0.15) is 67.4 Å². The van der Waals surface area contributed by atoms with Gasteiger partial charge in [-0.15, -0.1) is 0 Å². The Balaban J connectivity index is 1.72. The molecular weight excluding hydrogens is 389 g/mol. The van der Waals surface area contributed by atoms with E-state index < -0.39 is 34.7 Å². The minimum Gasteiger partial charge on any atom is -0.384 e. The van der Waals surface area contributed by atoms with Crippen molar-refractivity contribution in [2.75, 3.05) is 13.1 Å². The Bertz CT molecular complexity index is 914. The van der Waals surface area contributed by atoms with Crippen LogP contribution < -0.4 is 10.6 Å². The third kappa shape index (κ3) is 2.88. The SMILES string of the molecule is CCC1(CC)CNCCC1(O)c1ccc2c(c1F)CN(C1CCC(=O)NC1=O)C2=O. The van der Waals surface area contributed by atoms with Gasteiger partial charge < -0.3 is 15.3 Å². The first kappa shape index (κ1) is 20.9. The minimum absolute atomic E-state index is 0.0420. The number of aliphatic hydroxyl groups is 1. The molecule has 30 heavy (non-hydrogen) atoms. The number of carbonyl (C=O) groups is 3. The monoisotopic (exact) mass is 417 g/mol. The van der Waals surface area contributed by atoms with Gasteiger partial charge in [0.05, 0.1) is 6.54 Å². The Labute approximate surface area is 175 Å². The van der Waals surface area contributed by atoms with Crippen molar-refractivity contribution in [2.24, 2.45) is 5.41 Å². The molecule has 2 saturated heterocycles. The molecule has 4 rings (SSSR count). The molecule has 0 aromatic heterocycles. The van der Waals surface area contributed by atoms with Crippen LogP contribution in [0.5, 0.6) is 0 Å². The number of nitrogens with zero attached hydrogens (tertiary/aromatic N) is 1. The molecule has 0 bridgehead atoms. The molecule has 3 N–H and O–H groups in total. The molecule has 1 aromatic rings. The smallest absolute Gasteiger partial charge is 0.255 e. The van der Waals surface area contributed by atoms with E-state index in [1.165, 1.54) is 11.0 Å². The van der Waals surface area contributed by atoms with Crippen LogP contribution in [0.3, 0.4) is 0 Å². The molecule has 3 amide bonds. The molecule has 3 aliphatic rings. The van der Waals surface area contributed by atoms with Gasteiger partial charge in [0.15, 0.2) is 0 Å². The second kappa shape index (κ2) is 7.42. The van der Waals surface area contributed by atoms with E-state index in [2.05, 4.69) is 10.6 Å². The van der Waals surface area contributed by atoms with Crippen LogP contribution >= 0.6 is 0 Å². The third-order valence-electron chi connectivity index (χ3n) is 7.45. The fraction of sp³-hybridized carbons (Fsp3) is 0.591. The zero-order valence-electron chi connectivity index (χ0n) is 17.4. The highest BCUT2D eigenvalue weighted by Crippen LogP contribution is 2.50. The first-order chi connectivity index (χ1) is 14.3. The van der Waals surface area contributed by atoms with Crippen LogP contribution in [0, 0.1) is 11.2 Å². The summed E-state index contributed by atoms with van der Waals surface area (Å²) in [6.45, 7) is 5.13. The van der Waals surface area contributed by atoms with Gasteiger partial charge in [-0.25, -0.2) is 4.39 Å². The van der Waals surface area contributed by atoms with Crippen LogP contribution in [0.25, 0.3) is 0 Å². The van der Waals surface area contributed by atoms with E-state index in [1.54, 1.807) is 6.07 Å². The third-order valence-corrected chi connectivity index (χ3v) is 7.45. The van der Waals surface area contributed by atoms with Gasteiger partial charge in [-0.2, -0.15) is 0 Å². The number of halogens is 1. The number of hydrogen-bond donors (Lipinski definition) is 3. The molecule has 2 fully saturated rings. The van der Waals surface area contributed by atoms with E-state index in [0.717, 1.165) is 0 Å². The molecule has 3 aliphatic heterocycles. The van der Waals surface area contributed by atoms with Crippen LogP contribution in [0.2, 0.25) is 0 Å². The zero-order valence-corrected chi connectivity index (χ0v) is 17.4. The van der Waals surface area contributed by atoms with Crippen molar-refractivity contribution >= 4 is 17.7 Å². The molecule has 0 saturated carbocycles. The molecule has 7 nitrogen and oxygen atoms in total. The predicted octanol–water partition coefficient (Wildman–Crippen LogP) is 1.57. The summed E-state index contributed by atoms with van der Waals surface area (Å²) in [7, 11) is 0. The van der Waals surface area contributed by atoms with Crippen molar-refractivity contribution in [3.8, 4) is 0 Å². The molecule has 0 aliphatic carbocycles. The Morgan fingerprint density at radius 1 is 1.23 bits per heavy atom. The summed E-state index contributed by atoms with van der Waals surface area (Å²) in [5, 5.41) is 17.3. The lowest BCUT2D eigenvalue weighted by Gasteiger charge is -2.51. The van der Waals surface area contributed by atoms with Crippen LogP contribution in [0.15, 0.2) is 12.1 Å². The number of nitrogens with one attached hydrogen (secondary N) is 2. The van der Waals surface area contributed by atoms with E-state index in [-0.39, 0.29) is 42.0 Å². The number of piperidine rings is 2. The molecule has 8 heteroatoms. The van der Waals surface area contributed by atoms with Gasteiger partial charge in [-0.1, -0.05) is 19.9 Å². The highest BCUT2D eigenvalue weighted by atomic mass is 19.1. The second-order valence-electron chi connectivity index (χ2n) is 8.63. The minimum atomic E-state index is -1.34. The van der Waals surface area contributed by atoms with Gasteiger partial charge in [0.25, 0.3) is 5.91 Å². The van der Waals surface area contributed by atoms with Crippen molar-refractivity contribution in [3.63, 3.8) is 0 Å². The average molecular weight is 417 g/mol. The summed E-state index contributed by atoms with van der Waals surface area (Å²) < 4.78 is 15.8. The van der Waals surface area contributed by atoms with Crippen LogP contribution in [-0.2, 0) is 21.7 Å². The molecule has 2 unspecified atom stereocenters. The Kier molecular flexibility index (Phi) is 5.18. The quantitative estimate of drug-likeness (QED) is 0.646. The van der Waals surface area contributed by atoms with E-state index in [0.29, 0.717) is 32.4 Å². The summed E-state index contributed by atoms with van der Waals surface area (Å²) in [5.41, 5.74) is -1.19. The normalized spacial score (nSPS) is 28.5. The van der Waals surface area contributed by atoms with Gasteiger partial charge in [0.1, 0.15) is 17.5 Å². The number of hydrogen-bond acceptors (Lipinski definition) is 5. The number of carbonyl (C=O) groups excluding carboxylic acids is 3. The number of fused-ring (bicyclic) bond motifs is 1. The van der Waals surface area contributed by atoms with Crippen molar-refractivity contribution < 1.29 is 23.9 Å². The lowest BCUT2D eigenvalue weighted by Crippen LogP contribution is -2.56. The lowest BCUT2D eigenvalue weighted by molar-refractivity contribution is -0.136. The Hall–Kier alpha value is -2.32. The van der Waals surface area contributed by atoms with E-state index in [1.807, 2.05) is 13.8 Å². The summed E-state index contributed by atoms with van der Waals surface area (Å²) in [4.78, 5) is 37.9. The number of amides is 3. The summed E-state index contributed by atoms with van der Waals surface area (Å²) in [5.74, 6) is -1.87. The largest absolute Gasteiger partial charge is 0.384 e. The van der Waals surface area contributed by atoms with E-state index in [4.69, 9.17) is 0 Å². The first-order valence-electron chi connectivity index (χ1n) is 10.7.